The Kier molecular flexibility index (Phi) is 4.74. The quantitative estimate of drug-likeness (QED) is 0.460. The fourth-order valence-electron chi connectivity index (χ4n) is 4.28. The van der Waals surface area contributed by atoms with Crippen molar-refractivity contribution in [2.45, 2.75) is 25.4 Å². The van der Waals surface area contributed by atoms with Crippen LogP contribution < -0.4 is 16.2 Å². The number of hydrogen-bond donors (Lipinski definition) is 3. The van der Waals surface area contributed by atoms with E-state index in [4.69, 9.17) is 0 Å². The first kappa shape index (κ1) is 19.4. The molecule has 0 amide bonds. The molecule has 0 saturated carbocycles. The van der Waals surface area contributed by atoms with Crippen LogP contribution in [0, 0.1) is 5.82 Å². The number of benzene rings is 2. The second-order valence-corrected chi connectivity index (χ2v) is 7.68. The van der Waals surface area contributed by atoms with E-state index in [-0.39, 0.29) is 17.3 Å². The highest BCUT2D eigenvalue weighted by molar-refractivity contribution is 5.97. The largest absolute Gasteiger partial charge is 0.376 e. The van der Waals surface area contributed by atoms with Gasteiger partial charge in [0.1, 0.15) is 18.0 Å². The molecule has 3 heterocycles. The van der Waals surface area contributed by atoms with Crippen molar-refractivity contribution in [1.29, 1.82) is 0 Å². The van der Waals surface area contributed by atoms with Gasteiger partial charge in [0.2, 0.25) is 0 Å². The fourth-order valence-corrected chi connectivity index (χ4v) is 4.28. The second kappa shape index (κ2) is 7.59. The summed E-state index contributed by atoms with van der Waals surface area (Å²) in [5, 5.41) is 18.8. The number of hydrogen-bond acceptors (Lipinski definition) is 6. The van der Waals surface area contributed by atoms with Crippen molar-refractivity contribution in [2.75, 3.05) is 11.9 Å². The Balaban J connectivity index is 1.69. The van der Waals surface area contributed by atoms with Crippen LogP contribution in [0.25, 0.3) is 10.8 Å². The summed E-state index contributed by atoms with van der Waals surface area (Å²) in [6.07, 6.45) is 1.50. The molecule has 31 heavy (non-hydrogen) atoms. The number of nitrogens with one attached hydrogen (secondary N) is 3. The summed E-state index contributed by atoms with van der Waals surface area (Å²) >= 11 is 0. The average molecular weight is 419 g/mol. The van der Waals surface area contributed by atoms with E-state index in [1.807, 2.05) is 7.05 Å². The maximum Gasteiger partial charge on any atom is 0.272 e. The molecule has 0 bridgehead atoms. The molecule has 0 fully saturated rings. The number of nitrogens with zero attached hydrogens (tertiary/aromatic N) is 4. The lowest BCUT2D eigenvalue weighted by Gasteiger charge is -2.33. The number of aromatic amines is 1. The minimum Gasteiger partial charge on any atom is -0.376 e. The third kappa shape index (κ3) is 3.27. The molecule has 5 rings (SSSR count). The SMILES string of the molecule is CCNCc1ccc([C@H]2Nc3cc(F)cc4c(=O)[nH]nc(c34)[C@@H]2c2ncnn2C)cc1. The summed E-state index contributed by atoms with van der Waals surface area (Å²) in [6, 6.07) is 10.6. The Bertz CT molecular complexity index is 1310. The van der Waals surface area contributed by atoms with Crippen molar-refractivity contribution < 1.29 is 4.39 Å². The zero-order chi connectivity index (χ0) is 21.5. The normalized spacial score (nSPS) is 17.6. The third-order valence-electron chi connectivity index (χ3n) is 5.76. The van der Waals surface area contributed by atoms with Crippen molar-refractivity contribution in [1.82, 2.24) is 30.3 Å². The fraction of sp³-hybridized carbons (Fsp3) is 0.273. The molecule has 4 aromatic rings. The van der Waals surface area contributed by atoms with Crippen LogP contribution in [0.2, 0.25) is 0 Å². The van der Waals surface area contributed by atoms with Crippen molar-refractivity contribution in [3.63, 3.8) is 0 Å². The van der Waals surface area contributed by atoms with Crippen LogP contribution in [0.4, 0.5) is 10.1 Å². The van der Waals surface area contributed by atoms with E-state index >= 15 is 0 Å². The van der Waals surface area contributed by atoms with Gasteiger partial charge < -0.3 is 10.6 Å². The van der Waals surface area contributed by atoms with Crippen LogP contribution in [-0.4, -0.2) is 31.5 Å². The smallest absolute Gasteiger partial charge is 0.272 e. The van der Waals surface area contributed by atoms with Gasteiger partial charge in [-0.15, -0.1) is 0 Å². The summed E-state index contributed by atoms with van der Waals surface area (Å²) in [6.45, 7) is 3.76. The summed E-state index contributed by atoms with van der Waals surface area (Å²) in [5.74, 6) is -0.107. The van der Waals surface area contributed by atoms with Crippen LogP contribution in [-0.2, 0) is 13.6 Å². The molecule has 9 heteroatoms. The van der Waals surface area contributed by atoms with Crippen molar-refractivity contribution in [3.05, 3.63) is 81.5 Å². The predicted molar refractivity (Wildman–Crippen MR) is 115 cm³/mol. The number of rotatable bonds is 5. The average Bonchev–Trinajstić information content (AvgIpc) is 3.19. The zero-order valence-corrected chi connectivity index (χ0v) is 17.2. The highest BCUT2D eigenvalue weighted by atomic mass is 19.1. The molecule has 158 valence electrons. The van der Waals surface area contributed by atoms with Crippen LogP contribution in [0.15, 0.2) is 47.5 Å². The van der Waals surface area contributed by atoms with Crippen LogP contribution >= 0.6 is 0 Å². The Morgan fingerprint density at radius 2 is 2.03 bits per heavy atom. The molecule has 2 atom stereocenters. The van der Waals surface area contributed by atoms with Gasteiger partial charge in [-0.2, -0.15) is 10.2 Å². The third-order valence-corrected chi connectivity index (χ3v) is 5.76. The Morgan fingerprint density at radius 3 is 2.74 bits per heavy atom. The lowest BCUT2D eigenvalue weighted by molar-refractivity contribution is 0.564. The number of halogens is 1. The lowest BCUT2D eigenvalue weighted by atomic mass is 9.83. The number of anilines is 1. The van der Waals surface area contributed by atoms with E-state index in [0.29, 0.717) is 22.6 Å². The Hall–Kier alpha value is -3.59. The second-order valence-electron chi connectivity index (χ2n) is 7.68. The highest BCUT2D eigenvalue weighted by Gasteiger charge is 2.37. The molecule has 8 nitrogen and oxygen atoms in total. The van der Waals surface area contributed by atoms with Gasteiger partial charge in [-0.25, -0.2) is 14.5 Å². The van der Waals surface area contributed by atoms with Crippen LogP contribution in [0.3, 0.4) is 0 Å². The summed E-state index contributed by atoms with van der Waals surface area (Å²) in [4.78, 5) is 16.8. The molecular weight excluding hydrogens is 397 g/mol. The molecule has 3 N–H and O–H groups in total. The first-order valence-corrected chi connectivity index (χ1v) is 10.2. The van der Waals surface area contributed by atoms with Crippen LogP contribution in [0.1, 0.15) is 41.5 Å². The minimum absolute atomic E-state index is 0.263. The summed E-state index contributed by atoms with van der Waals surface area (Å²) in [5.41, 5.74) is 2.94. The molecule has 0 saturated heterocycles. The molecule has 2 aromatic heterocycles. The first-order chi connectivity index (χ1) is 15.1. The van der Waals surface area contributed by atoms with Gasteiger partial charge in [0.15, 0.2) is 0 Å². The van der Waals surface area contributed by atoms with Crippen molar-refractivity contribution in [2.24, 2.45) is 7.05 Å². The Labute approximate surface area is 177 Å². The molecule has 2 aromatic carbocycles. The first-order valence-electron chi connectivity index (χ1n) is 10.2. The zero-order valence-electron chi connectivity index (χ0n) is 17.2. The van der Waals surface area contributed by atoms with Gasteiger partial charge >= 0.3 is 0 Å². The minimum atomic E-state index is -0.477. The molecule has 0 spiro atoms. The van der Waals surface area contributed by atoms with Gasteiger partial charge in [0.25, 0.3) is 5.56 Å². The number of aryl methyl sites for hydroxylation is 1. The highest BCUT2D eigenvalue weighted by Crippen LogP contribution is 2.45. The molecule has 0 radical (unpaired) electrons. The van der Waals surface area contributed by atoms with Gasteiger partial charge in [-0.3, -0.25) is 9.48 Å². The molecule has 1 aliphatic rings. The molecule has 0 unspecified atom stereocenters. The molecule has 0 aliphatic carbocycles. The van der Waals surface area contributed by atoms with E-state index in [0.717, 1.165) is 18.7 Å². The van der Waals surface area contributed by atoms with E-state index in [2.05, 4.69) is 62.1 Å². The van der Waals surface area contributed by atoms with E-state index < -0.39 is 11.4 Å². The van der Waals surface area contributed by atoms with Crippen LogP contribution in [0.5, 0.6) is 0 Å². The van der Waals surface area contributed by atoms with Crippen molar-refractivity contribution in [3.8, 4) is 0 Å². The van der Waals surface area contributed by atoms with Crippen molar-refractivity contribution >= 4 is 16.5 Å². The summed E-state index contributed by atoms with van der Waals surface area (Å²) in [7, 11) is 1.82. The summed E-state index contributed by atoms with van der Waals surface area (Å²) < 4.78 is 16.0. The van der Waals surface area contributed by atoms with E-state index in [1.54, 1.807) is 4.68 Å². The van der Waals surface area contributed by atoms with Gasteiger partial charge in [-0.05, 0) is 29.8 Å². The predicted octanol–water partition coefficient (Wildman–Crippen LogP) is 2.60. The number of aromatic nitrogens is 5. The molecule has 1 aliphatic heterocycles. The topological polar surface area (TPSA) is 101 Å². The monoisotopic (exact) mass is 419 g/mol. The standard InChI is InChI=1S/C22H22FN7O/c1-3-24-10-12-4-6-13(7-5-12)19-18(21-25-11-26-30(21)2)20-17-15(22(31)29-28-20)8-14(23)9-16(17)27-19/h4-9,11,18-19,24,27H,3,10H2,1-2H3,(H,29,31)/t18-,19-/m1/s1. The maximum atomic E-state index is 14.3. The van der Waals surface area contributed by atoms with E-state index in [1.165, 1.54) is 24.0 Å². The van der Waals surface area contributed by atoms with E-state index in [9.17, 15) is 9.18 Å². The lowest BCUT2D eigenvalue weighted by Crippen LogP contribution is -2.30. The van der Waals surface area contributed by atoms with Gasteiger partial charge in [0.05, 0.1) is 23.0 Å². The maximum absolute atomic E-state index is 14.3. The van der Waals surface area contributed by atoms with Gasteiger partial charge in [-0.1, -0.05) is 31.2 Å². The Morgan fingerprint density at radius 1 is 1.23 bits per heavy atom. The van der Waals surface area contributed by atoms with Gasteiger partial charge in [0, 0.05) is 24.7 Å². The molecular formula is C22H22FN7O. The number of H-pyrrole nitrogens is 1.